The summed E-state index contributed by atoms with van der Waals surface area (Å²) in [4.78, 5) is 19.7. The number of benzene rings is 1. The second kappa shape index (κ2) is 9.94. The van der Waals surface area contributed by atoms with Gasteiger partial charge in [-0.3, -0.25) is 9.69 Å². The fourth-order valence-corrected chi connectivity index (χ4v) is 5.97. The number of carbonyl (C=O) groups is 1. The van der Waals surface area contributed by atoms with Crippen molar-refractivity contribution in [3.63, 3.8) is 0 Å². The maximum Gasteiger partial charge on any atom is 0.236 e. The first kappa shape index (κ1) is 22.6. The molecular formula is C27H43N3O. The first-order valence-corrected chi connectivity index (χ1v) is 12.8. The summed E-state index contributed by atoms with van der Waals surface area (Å²) in [5, 5.41) is 0. The van der Waals surface area contributed by atoms with Crippen molar-refractivity contribution >= 4 is 11.6 Å². The summed E-state index contributed by atoms with van der Waals surface area (Å²) in [6.07, 6.45) is 8.98. The summed E-state index contributed by atoms with van der Waals surface area (Å²) in [7, 11) is 0. The quantitative estimate of drug-likeness (QED) is 0.668. The van der Waals surface area contributed by atoms with Crippen molar-refractivity contribution in [1.82, 2.24) is 9.80 Å². The highest BCUT2D eigenvalue weighted by Crippen LogP contribution is 2.45. The van der Waals surface area contributed by atoms with Gasteiger partial charge >= 0.3 is 0 Å². The Bertz CT molecular complexity index is 718. The number of carbonyl (C=O) groups excluding carboxylic acids is 1. The van der Waals surface area contributed by atoms with E-state index in [2.05, 4.69) is 59.7 Å². The molecule has 3 aliphatic rings. The second-order valence-electron chi connectivity index (χ2n) is 11.2. The fourth-order valence-electron chi connectivity index (χ4n) is 5.97. The number of likely N-dealkylation sites (tertiary alicyclic amines) is 1. The number of hydrogen-bond acceptors (Lipinski definition) is 3. The van der Waals surface area contributed by atoms with E-state index in [0.29, 0.717) is 23.8 Å². The topological polar surface area (TPSA) is 26.8 Å². The van der Waals surface area contributed by atoms with Crippen molar-refractivity contribution in [1.29, 1.82) is 0 Å². The van der Waals surface area contributed by atoms with E-state index in [4.69, 9.17) is 0 Å². The Balaban J connectivity index is 1.33. The summed E-state index contributed by atoms with van der Waals surface area (Å²) in [5.41, 5.74) is 3.45. The molecule has 0 unspecified atom stereocenters. The number of anilines is 1. The molecule has 0 aromatic heterocycles. The number of hydrogen-bond donors (Lipinski definition) is 0. The van der Waals surface area contributed by atoms with E-state index in [0.717, 1.165) is 45.2 Å². The number of amides is 1. The van der Waals surface area contributed by atoms with Crippen molar-refractivity contribution in [3.05, 3.63) is 29.8 Å². The Morgan fingerprint density at radius 2 is 1.52 bits per heavy atom. The summed E-state index contributed by atoms with van der Waals surface area (Å²) < 4.78 is 0. The van der Waals surface area contributed by atoms with Gasteiger partial charge in [0.05, 0.1) is 6.54 Å². The Kier molecular flexibility index (Phi) is 7.26. The molecule has 172 valence electrons. The first-order valence-electron chi connectivity index (χ1n) is 12.8. The van der Waals surface area contributed by atoms with E-state index >= 15 is 0 Å². The zero-order valence-corrected chi connectivity index (χ0v) is 20.1. The van der Waals surface area contributed by atoms with Crippen molar-refractivity contribution < 1.29 is 4.79 Å². The summed E-state index contributed by atoms with van der Waals surface area (Å²) >= 11 is 0. The van der Waals surface area contributed by atoms with Crippen LogP contribution >= 0.6 is 0 Å². The molecule has 0 bridgehead atoms. The second-order valence-corrected chi connectivity index (χ2v) is 11.2. The van der Waals surface area contributed by atoms with Gasteiger partial charge in [0.2, 0.25) is 5.91 Å². The molecule has 2 heterocycles. The summed E-state index contributed by atoms with van der Waals surface area (Å²) in [5.74, 6) is 1.90. The summed E-state index contributed by atoms with van der Waals surface area (Å²) in [6, 6.07) is 9.14. The Morgan fingerprint density at radius 1 is 0.871 bits per heavy atom. The van der Waals surface area contributed by atoms with Crippen molar-refractivity contribution in [2.75, 3.05) is 50.7 Å². The Hall–Kier alpha value is -1.55. The van der Waals surface area contributed by atoms with E-state index in [1.165, 1.54) is 50.6 Å². The molecule has 2 aliphatic heterocycles. The zero-order valence-electron chi connectivity index (χ0n) is 20.1. The van der Waals surface area contributed by atoms with Crippen LogP contribution in [0.15, 0.2) is 24.3 Å². The minimum absolute atomic E-state index is 0.337. The number of nitrogens with zero attached hydrogens (tertiary/aromatic N) is 3. The van der Waals surface area contributed by atoms with Gasteiger partial charge in [-0.25, -0.2) is 0 Å². The third kappa shape index (κ3) is 5.63. The molecule has 1 saturated carbocycles. The van der Waals surface area contributed by atoms with Crippen LogP contribution in [-0.4, -0.2) is 61.5 Å². The van der Waals surface area contributed by atoms with E-state index in [9.17, 15) is 4.79 Å². The molecule has 2 saturated heterocycles. The van der Waals surface area contributed by atoms with Crippen LogP contribution < -0.4 is 4.90 Å². The van der Waals surface area contributed by atoms with E-state index in [-0.39, 0.29) is 0 Å². The van der Waals surface area contributed by atoms with Gasteiger partial charge in [0.15, 0.2) is 0 Å². The van der Waals surface area contributed by atoms with Crippen LogP contribution in [0.4, 0.5) is 5.69 Å². The average Bonchev–Trinajstić information content (AvgIpc) is 2.80. The molecule has 1 aromatic rings. The van der Waals surface area contributed by atoms with Crippen molar-refractivity contribution in [2.24, 2.45) is 11.3 Å². The molecule has 0 atom stereocenters. The molecule has 0 N–H and O–H groups in total. The molecule has 1 aliphatic carbocycles. The van der Waals surface area contributed by atoms with Crippen molar-refractivity contribution in [2.45, 2.75) is 71.6 Å². The minimum Gasteiger partial charge on any atom is -0.369 e. The molecule has 4 nitrogen and oxygen atoms in total. The lowest BCUT2D eigenvalue weighted by Gasteiger charge is -2.40. The molecule has 3 fully saturated rings. The van der Waals surface area contributed by atoms with Crippen LogP contribution in [0, 0.1) is 11.3 Å². The van der Waals surface area contributed by atoms with Crippen LogP contribution in [0.1, 0.15) is 77.2 Å². The molecule has 4 heteroatoms. The van der Waals surface area contributed by atoms with Gasteiger partial charge in [-0.05, 0) is 73.8 Å². The lowest BCUT2D eigenvalue weighted by atomic mass is 9.68. The normalized spacial score (nSPS) is 26.2. The van der Waals surface area contributed by atoms with Gasteiger partial charge in [0.25, 0.3) is 0 Å². The maximum atomic E-state index is 12.6. The van der Waals surface area contributed by atoms with E-state index < -0.39 is 0 Å². The lowest BCUT2D eigenvalue weighted by molar-refractivity contribution is -0.133. The smallest absolute Gasteiger partial charge is 0.236 e. The molecule has 0 radical (unpaired) electrons. The summed E-state index contributed by atoms with van der Waals surface area (Å²) in [6.45, 7) is 13.8. The lowest BCUT2D eigenvalue weighted by Crippen LogP contribution is -2.51. The van der Waals surface area contributed by atoms with E-state index in [1.807, 2.05) is 0 Å². The highest BCUT2D eigenvalue weighted by molar-refractivity contribution is 5.78. The monoisotopic (exact) mass is 425 g/mol. The molecular weight excluding hydrogens is 382 g/mol. The fraction of sp³-hybridized carbons (Fsp3) is 0.741. The highest BCUT2D eigenvalue weighted by Gasteiger charge is 2.32. The molecule has 4 rings (SSSR count). The SMILES string of the molecule is CC(C)(C)C1CCC(c2ccccc2N2CCN(CC(=O)N3CCCCC3)CC2)CC1. The van der Waals surface area contributed by atoms with E-state index in [1.54, 1.807) is 5.56 Å². The highest BCUT2D eigenvalue weighted by atomic mass is 16.2. The van der Waals surface area contributed by atoms with Gasteiger partial charge in [-0.2, -0.15) is 0 Å². The van der Waals surface area contributed by atoms with Gasteiger partial charge < -0.3 is 9.80 Å². The van der Waals surface area contributed by atoms with Gasteiger partial charge in [0.1, 0.15) is 0 Å². The predicted octanol–water partition coefficient (Wildman–Crippen LogP) is 5.14. The molecule has 1 amide bonds. The Labute approximate surface area is 190 Å². The third-order valence-electron chi connectivity index (χ3n) is 8.11. The number of para-hydroxylation sites is 1. The van der Waals surface area contributed by atoms with Crippen LogP contribution in [0.25, 0.3) is 0 Å². The predicted molar refractivity (Wildman–Crippen MR) is 130 cm³/mol. The minimum atomic E-state index is 0.337. The zero-order chi connectivity index (χ0) is 21.8. The largest absolute Gasteiger partial charge is 0.369 e. The number of rotatable bonds is 4. The molecule has 1 aromatic carbocycles. The van der Waals surface area contributed by atoms with Crippen LogP contribution in [0.5, 0.6) is 0 Å². The molecule has 31 heavy (non-hydrogen) atoms. The number of piperidine rings is 1. The van der Waals surface area contributed by atoms with Crippen molar-refractivity contribution in [3.8, 4) is 0 Å². The van der Waals surface area contributed by atoms with Crippen LogP contribution in [-0.2, 0) is 4.79 Å². The van der Waals surface area contributed by atoms with Gasteiger partial charge in [0, 0.05) is 45.0 Å². The Morgan fingerprint density at radius 3 is 2.16 bits per heavy atom. The van der Waals surface area contributed by atoms with Crippen LogP contribution in [0.2, 0.25) is 0 Å². The first-order chi connectivity index (χ1) is 14.9. The maximum absolute atomic E-state index is 12.6. The average molecular weight is 426 g/mol. The van der Waals surface area contributed by atoms with Gasteiger partial charge in [-0.1, -0.05) is 39.0 Å². The van der Waals surface area contributed by atoms with Crippen LogP contribution in [0.3, 0.4) is 0 Å². The number of piperazine rings is 1. The standard InChI is InChI=1S/C27H43N3O/c1-27(2,3)23-13-11-22(12-14-23)24-9-5-6-10-25(24)29-19-17-28(18-20-29)21-26(31)30-15-7-4-8-16-30/h5-6,9-10,22-23H,4,7-8,11-21H2,1-3H3. The van der Waals surface area contributed by atoms with Gasteiger partial charge in [-0.15, -0.1) is 0 Å². The molecule has 0 spiro atoms. The third-order valence-corrected chi connectivity index (χ3v) is 8.11.